The van der Waals surface area contributed by atoms with Gasteiger partial charge in [-0.3, -0.25) is 0 Å². The molecule has 3 aromatic carbocycles. The molecule has 0 radical (unpaired) electrons. The molecule has 1 heterocycles. The first kappa shape index (κ1) is 15.9. The maximum absolute atomic E-state index is 13.4. The minimum Gasteiger partial charge on any atom is -0.496 e. The molecule has 0 aliphatic heterocycles. The van der Waals surface area contributed by atoms with Crippen LogP contribution in [0.2, 0.25) is 0 Å². The number of methoxy groups -OCH3 is 1. The number of allylic oxidation sites excluding steroid dienone is 1. The molecule has 0 saturated heterocycles. The molecule has 4 rings (SSSR count). The zero-order valence-corrected chi connectivity index (χ0v) is 14.0. The number of fused-ring (bicyclic) bond motifs is 2. The van der Waals surface area contributed by atoms with Crippen molar-refractivity contribution < 1.29 is 9.13 Å². The first-order valence-corrected chi connectivity index (χ1v) is 8.03. The molecule has 4 nitrogen and oxygen atoms in total. The first-order valence-electron chi connectivity index (χ1n) is 8.03. The Bertz CT molecular complexity index is 1200. The zero-order chi connectivity index (χ0) is 18.1. The molecule has 5 heteroatoms. The van der Waals surface area contributed by atoms with Crippen LogP contribution in [0.15, 0.2) is 54.6 Å². The van der Waals surface area contributed by atoms with Gasteiger partial charge >= 0.3 is 0 Å². The Morgan fingerprint density at radius 1 is 1.19 bits per heavy atom. The molecular weight excluding hydrogens is 329 g/mol. The lowest BCUT2D eigenvalue weighted by Gasteiger charge is -2.09. The number of benzene rings is 3. The number of nitriles is 1. The summed E-state index contributed by atoms with van der Waals surface area (Å²) in [7, 11) is 1.59. The summed E-state index contributed by atoms with van der Waals surface area (Å²) in [4.78, 5) is 7.41. The van der Waals surface area contributed by atoms with Crippen molar-refractivity contribution in [2.75, 3.05) is 7.11 Å². The van der Waals surface area contributed by atoms with Gasteiger partial charge in [0, 0.05) is 5.56 Å². The third-order valence-corrected chi connectivity index (χ3v) is 4.26. The number of aromatic nitrogens is 2. The SMILES string of the molecule is COc1ccc2ccccc2c1/C=C(\C#N)c1nc2ccc(F)cc2[nH]1. The van der Waals surface area contributed by atoms with E-state index in [2.05, 4.69) is 16.0 Å². The molecular formula is C21H14FN3O. The van der Waals surface area contributed by atoms with E-state index in [9.17, 15) is 9.65 Å². The van der Waals surface area contributed by atoms with E-state index >= 15 is 0 Å². The first-order chi connectivity index (χ1) is 12.7. The summed E-state index contributed by atoms with van der Waals surface area (Å²) in [5.74, 6) is 0.701. The normalized spacial score (nSPS) is 11.7. The highest BCUT2D eigenvalue weighted by atomic mass is 19.1. The average Bonchev–Trinajstić information content (AvgIpc) is 3.08. The number of ether oxygens (including phenoxy) is 1. The van der Waals surface area contributed by atoms with Crippen LogP contribution in [0.3, 0.4) is 0 Å². The van der Waals surface area contributed by atoms with Gasteiger partial charge in [-0.1, -0.05) is 30.3 Å². The van der Waals surface area contributed by atoms with Crippen molar-refractivity contribution in [3.63, 3.8) is 0 Å². The second-order valence-electron chi connectivity index (χ2n) is 5.82. The van der Waals surface area contributed by atoms with Crippen molar-refractivity contribution in [3.05, 3.63) is 71.8 Å². The maximum Gasteiger partial charge on any atom is 0.149 e. The maximum atomic E-state index is 13.4. The highest BCUT2D eigenvalue weighted by molar-refractivity contribution is 6.00. The van der Waals surface area contributed by atoms with Gasteiger partial charge in [-0.2, -0.15) is 5.26 Å². The molecule has 1 N–H and O–H groups in total. The predicted octanol–water partition coefficient (Wildman–Crippen LogP) is 4.93. The van der Waals surface area contributed by atoms with E-state index in [0.717, 1.165) is 16.3 Å². The molecule has 0 bridgehead atoms. The Labute approximate surface area is 149 Å². The molecule has 0 unspecified atom stereocenters. The summed E-state index contributed by atoms with van der Waals surface area (Å²) in [5.41, 5.74) is 2.29. The molecule has 0 saturated carbocycles. The van der Waals surface area contributed by atoms with Gasteiger partial charge in [0.15, 0.2) is 0 Å². The van der Waals surface area contributed by atoms with Gasteiger partial charge in [-0.25, -0.2) is 9.37 Å². The van der Waals surface area contributed by atoms with E-state index in [4.69, 9.17) is 4.74 Å². The quantitative estimate of drug-likeness (QED) is 0.537. The third kappa shape index (κ3) is 2.68. The number of H-pyrrole nitrogens is 1. The van der Waals surface area contributed by atoms with Gasteiger partial charge in [0.2, 0.25) is 0 Å². The summed E-state index contributed by atoms with van der Waals surface area (Å²) in [6, 6.07) is 18.2. The van der Waals surface area contributed by atoms with Crippen LogP contribution >= 0.6 is 0 Å². The molecule has 26 heavy (non-hydrogen) atoms. The van der Waals surface area contributed by atoms with Gasteiger partial charge < -0.3 is 9.72 Å². The largest absolute Gasteiger partial charge is 0.496 e. The van der Waals surface area contributed by atoms with Crippen LogP contribution in [0.25, 0.3) is 33.5 Å². The summed E-state index contributed by atoms with van der Waals surface area (Å²) < 4.78 is 18.9. The van der Waals surface area contributed by atoms with E-state index in [1.54, 1.807) is 19.3 Å². The Morgan fingerprint density at radius 3 is 2.85 bits per heavy atom. The van der Waals surface area contributed by atoms with Crippen LogP contribution in [0.4, 0.5) is 4.39 Å². The van der Waals surface area contributed by atoms with Crippen LogP contribution in [0.1, 0.15) is 11.4 Å². The van der Waals surface area contributed by atoms with Crippen LogP contribution in [0, 0.1) is 17.1 Å². The summed E-state index contributed by atoms with van der Waals surface area (Å²) in [6.45, 7) is 0. The number of rotatable bonds is 3. The van der Waals surface area contributed by atoms with E-state index in [0.29, 0.717) is 28.2 Å². The number of hydrogen-bond donors (Lipinski definition) is 1. The van der Waals surface area contributed by atoms with E-state index in [1.807, 2.05) is 36.4 Å². The second-order valence-corrected chi connectivity index (χ2v) is 5.82. The fourth-order valence-corrected chi connectivity index (χ4v) is 3.01. The van der Waals surface area contributed by atoms with Crippen LogP contribution in [-0.4, -0.2) is 17.1 Å². The minimum atomic E-state index is -0.356. The van der Waals surface area contributed by atoms with Gasteiger partial charge in [0.25, 0.3) is 0 Å². The molecule has 0 atom stereocenters. The Hall–Kier alpha value is -3.65. The molecule has 0 aliphatic rings. The highest BCUT2D eigenvalue weighted by Crippen LogP contribution is 2.31. The van der Waals surface area contributed by atoms with E-state index < -0.39 is 0 Å². The minimum absolute atomic E-state index is 0.344. The Kier molecular flexibility index (Phi) is 3.86. The van der Waals surface area contributed by atoms with Crippen LogP contribution in [-0.2, 0) is 0 Å². The smallest absolute Gasteiger partial charge is 0.149 e. The fourth-order valence-electron chi connectivity index (χ4n) is 3.01. The van der Waals surface area contributed by atoms with Crippen LogP contribution < -0.4 is 4.74 Å². The average molecular weight is 343 g/mol. The van der Waals surface area contributed by atoms with Gasteiger partial charge in [0.05, 0.1) is 23.7 Å². The predicted molar refractivity (Wildman–Crippen MR) is 100 cm³/mol. The molecule has 0 fully saturated rings. The molecule has 1 aromatic heterocycles. The van der Waals surface area contributed by atoms with Crippen molar-refractivity contribution in [2.24, 2.45) is 0 Å². The lowest BCUT2D eigenvalue weighted by atomic mass is 10.0. The lowest BCUT2D eigenvalue weighted by molar-refractivity contribution is 0.414. The summed E-state index contributed by atoms with van der Waals surface area (Å²) >= 11 is 0. The topological polar surface area (TPSA) is 61.7 Å². The number of imidazole rings is 1. The summed E-state index contributed by atoms with van der Waals surface area (Å²) in [6.07, 6.45) is 1.75. The number of aromatic amines is 1. The monoisotopic (exact) mass is 343 g/mol. The molecule has 0 amide bonds. The van der Waals surface area contributed by atoms with Crippen molar-refractivity contribution in [2.45, 2.75) is 0 Å². The molecule has 0 aliphatic carbocycles. The number of hydrogen-bond acceptors (Lipinski definition) is 3. The lowest BCUT2D eigenvalue weighted by Crippen LogP contribution is -1.91. The second kappa shape index (κ2) is 6.34. The number of halogens is 1. The molecule has 126 valence electrons. The van der Waals surface area contributed by atoms with E-state index in [1.165, 1.54) is 12.1 Å². The van der Waals surface area contributed by atoms with Gasteiger partial charge in [-0.05, 0) is 41.1 Å². The molecule has 4 aromatic rings. The van der Waals surface area contributed by atoms with E-state index in [-0.39, 0.29) is 5.82 Å². The van der Waals surface area contributed by atoms with Gasteiger partial charge in [0.1, 0.15) is 23.5 Å². The fraction of sp³-hybridized carbons (Fsp3) is 0.0476. The van der Waals surface area contributed by atoms with Crippen LogP contribution in [0.5, 0.6) is 5.75 Å². The van der Waals surface area contributed by atoms with Crippen molar-refractivity contribution in [3.8, 4) is 11.8 Å². The summed E-state index contributed by atoms with van der Waals surface area (Å²) in [5, 5.41) is 11.7. The van der Waals surface area contributed by atoms with Crippen molar-refractivity contribution in [1.82, 2.24) is 9.97 Å². The Balaban J connectivity index is 1.92. The van der Waals surface area contributed by atoms with Crippen molar-refractivity contribution >= 4 is 33.5 Å². The van der Waals surface area contributed by atoms with Crippen molar-refractivity contribution in [1.29, 1.82) is 5.26 Å². The Morgan fingerprint density at radius 2 is 2.04 bits per heavy atom. The highest BCUT2D eigenvalue weighted by Gasteiger charge is 2.12. The standard InChI is InChI=1S/C21H14FN3O/c1-26-20-9-6-13-4-2-3-5-16(13)17(20)10-14(12-23)21-24-18-8-7-15(22)11-19(18)25-21/h2-11H,1H3,(H,24,25)/b14-10+. The zero-order valence-electron chi connectivity index (χ0n) is 14.0. The third-order valence-electron chi connectivity index (χ3n) is 4.26. The van der Waals surface area contributed by atoms with Gasteiger partial charge in [-0.15, -0.1) is 0 Å². The number of nitrogens with one attached hydrogen (secondary N) is 1. The molecule has 0 spiro atoms. The number of nitrogens with zero attached hydrogens (tertiary/aromatic N) is 2.